The van der Waals surface area contributed by atoms with Crippen molar-refractivity contribution in [3.05, 3.63) is 23.5 Å². The van der Waals surface area contributed by atoms with E-state index in [9.17, 15) is 13.2 Å². The van der Waals surface area contributed by atoms with Crippen LogP contribution in [0.5, 0.6) is 0 Å². The van der Waals surface area contributed by atoms with Gasteiger partial charge in [-0.15, -0.1) is 0 Å². The van der Waals surface area contributed by atoms with Crippen LogP contribution in [0.3, 0.4) is 0 Å². The normalized spacial score (nSPS) is 14.0. The molecule has 8 heteroatoms. The van der Waals surface area contributed by atoms with Gasteiger partial charge < -0.3 is 5.11 Å². The molecular weight excluding hydrogens is 304 g/mol. The van der Waals surface area contributed by atoms with Crippen molar-refractivity contribution in [1.82, 2.24) is 9.71 Å². The summed E-state index contributed by atoms with van der Waals surface area (Å²) in [4.78, 5) is 14.4. The number of carboxylic acids is 1. The van der Waals surface area contributed by atoms with Gasteiger partial charge >= 0.3 is 5.97 Å². The van der Waals surface area contributed by atoms with Gasteiger partial charge in [0.25, 0.3) is 0 Å². The quantitative estimate of drug-likeness (QED) is 0.808. The Labute approximate surface area is 123 Å². The third-order valence-corrected chi connectivity index (χ3v) is 4.65. The highest BCUT2D eigenvalue weighted by Gasteiger charge is 2.32. The lowest BCUT2D eigenvalue weighted by molar-refractivity contribution is -0.138. The molecule has 0 spiro atoms. The van der Waals surface area contributed by atoms with Gasteiger partial charge in [0.15, 0.2) is 0 Å². The summed E-state index contributed by atoms with van der Waals surface area (Å²) >= 11 is 5.77. The molecule has 0 aliphatic rings. The molecule has 0 fully saturated rings. The van der Waals surface area contributed by atoms with Gasteiger partial charge in [0, 0.05) is 12.2 Å². The Morgan fingerprint density at radius 1 is 1.50 bits per heavy atom. The molecular formula is C12H17ClN2O4S. The predicted octanol–water partition coefficient (Wildman–Crippen LogP) is 1.90. The van der Waals surface area contributed by atoms with Crippen LogP contribution < -0.4 is 4.72 Å². The fraction of sp³-hybridized carbons (Fsp3) is 0.500. The summed E-state index contributed by atoms with van der Waals surface area (Å²) in [6, 6.07) is 2.00. The molecule has 0 radical (unpaired) electrons. The lowest BCUT2D eigenvalue weighted by atomic mass is 9.85. The first-order valence-electron chi connectivity index (χ1n) is 5.88. The van der Waals surface area contributed by atoms with Crippen LogP contribution in [0.25, 0.3) is 0 Å². The van der Waals surface area contributed by atoms with Gasteiger partial charge in [-0.3, -0.25) is 4.79 Å². The Balaban J connectivity index is 3.10. The molecule has 1 aromatic rings. The molecule has 0 amide bonds. The number of carboxylic acid groups (broad SMARTS) is 1. The molecule has 0 bridgehead atoms. The SMILES string of the molecule is CC(C)(C)C(CC(=O)O)NS(=O)(=O)c1cccnc1Cl. The van der Waals surface area contributed by atoms with Crippen molar-refractivity contribution in [1.29, 1.82) is 0 Å². The van der Waals surface area contributed by atoms with E-state index >= 15 is 0 Å². The van der Waals surface area contributed by atoms with Gasteiger partial charge in [-0.25, -0.2) is 18.1 Å². The number of aliphatic carboxylic acids is 1. The van der Waals surface area contributed by atoms with E-state index in [-0.39, 0.29) is 16.5 Å². The zero-order valence-electron chi connectivity index (χ0n) is 11.4. The number of pyridine rings is 1. The van der Waals surface area contributed by atoms with Crippen molar-refractivity contribution < 1.29 is 18.3 Å². The molecule has 6 nitrogen and oxygen atoms in total. The minimum absolute atomic E-state index is 0.150. The number of rotatable bonds is 5. The van der Waals surface area contributed by atoms with Crippen molar-refractivity contribution in [2.45, 2.75) is 38.1 Å². The van der Waals surface area contributed by atoms with Crippen LogP contribution in [0, 0.1) is 5.41 Å². The molecule has 1 heterocycles. The molecule has 0 aliphatic carbocycles. The van der Waals surface area contributed by atoms with Gasteiger partial charge in [-0.1, -0.05) is 32.4 Å². The summed E-state index contributed by atoms with van der Waals surface area (Å²) in [6.45, 7) is 5.27. The van der Waals surface area contributed by atoms with E-state index in [4.69, 9.17) is 16.7 Å². The number of nitrogens with one attached hydrogen (secondary N) is 1. The number of hydrogen-bond donors (Lipinski definition) is 2. The van der Waals surface area contributed by atoms with Gasteiger partial charge in [0.2, 0.25) is 10.0 Å². The Hall–Kier alpha value is -1.18. The predicted molar refractivity (Wildman–Crippen MR) is 75.1 cm³/mol. The maximum atomic E-state index is 12.3. The van der Waals surface area contributed by atoms with E-state index in [1.165, 1.54) is 18.3 Å². The van der Waals surface area contributed by atoms with Crippen molar-refractivity contribution in [2.75, 3.05) is 0 Å². The van der Waals surface area contributed by atoms with Gasteiger partial charge in [0.05, 0.1) is 6.42 Å². The average Bonchev–Trinajstić information content (AvgIpc) is 2.26. The fourth-order valence-corrected chi connectivity index (χ4v) is 3.42. The number of sulfonamides is 1. The molecule has 0 aromatic carbocycles. The van der Waals surface area contributed by atoms with Gasteiger partial charge in [0.1, 0.15) is 10.0 Å². The zero-order valence-corrected chi connectivity index (χ0v) is 13.0. The van der Waals surface area contributed by atoms with Crippen LogP contribution in [-0.2, 0) is 14.8 Å². The van der Waals surface area contributed by atoms with Crippen molar-refractivity contribution in [3.8, 4) is 0 Å². The highest BCUT2D eigenvalue weighted by atomic mass is 35.5. The third-order valence-electron chi connectivity index (χ3n) is 2.74. The molecule has 20 heavy (non-hydrogen) atoms. The summed E-state index contributed by atoms with van der Waals surface area (Å²) in [5, 5.41) is 8.75. The van der Waals surface area contributed by atoms with Gasteiger partial charge in [-0.2, -0.15) is 0 Å². The van der Waals surface area contributed by atoms with Crippen LogP contribution >= 0.6 is 11.6 Å². The largest absolute Gasteiger partial charge is 0.481 e. The summed E-state index contributed by atoms with van der Waals surface area (Å²) in [5.41, 5.74) is -0.555. The third kappa shape index (κ3) is 4.43. The molecule has 0 aliphatic heterocycles. The first-order valence-corrected chi connectivity index (χ1v) is 7.75. The first-order chi connectivity index (χ1) is 9.04. The topological polar surface area (TPSA) is 96.4 Å². The summed E-state index contributed by atoms with van der Waals surface area (Å²) in [5.74, 6) is -1.08. The maximum Gasteiger partial charge on any atom is 0.304 e. The van der Waals surface area contributed by atoms with Gasteiger partial charge in [-0.05, 0) is 17.5 Å². The van der Waals surface area contributed by atoms with Crippen LogP contribution in [0.1, 0.15) is 27.2 Å². The Morgan fingerprint density at radius 2 is 2.10 bits per heavy atom. The van der Waals surface area contributed by atoms with E-state index < -0.39 is 27.4 Å². The number of aromatic nitrogens is 1. The molecule has 2 N–H and O–H groups in total. The second-order valence-corrected chi connectivity index (χ2v) is 7.47. The Bertz CT molecular complexity index is 596. The monoisotopic (exact) mass is 320 g/mol. The first kappa shape index (κ1) is 16.9. The number of hydrogen-bond acceptors (Lipinski definition) is 4. The van der Waals surface area contributed by atoms with Crippen molar-refractivity contribution in [2.24, 2.45) is 5.41 Å². The summed E-state index contributed by atoms with van der Waals surface area (Å²) in [6.07, 6.45) is 1.06. The molecule has 112 valence electrons. The molecule has 1 aromatic heterocycles. The van der Waals surface area contributed by atoms with Crippen LogP contribution in [0.15, 0.2) is 23.2 Å². The molecule has 1 rings (SSSR count). The second kappa shape index (κ2) is 6.07. The van der Waals surface area contributed by atoms with Crippen LogP contribution in [0.2, 0.25) is 5.15 Å². The van der Waals surface area contributed by atoms with Crippen LogP contribution in [-0.4, -0.2) is 30.5 Å². The zero-order chi connectivity index (χ0) is 15.6. The average molecular weight is 321 g/mol. The standard InChI is InChI=1S/C12H17ClN2O4S/c1-12(2,3)9(7-10(16)17)15-20(18,19)8-5-4-6-14-11(8)13/h4-6,9,15H,7H2,1-3H3,(H,16,17). The minimum atomic E-state index is -3.93. The van der Waals surface area contributed by atoms with Crippen molar-refractivity contribution in [3.63, 3.8) is 0 Å². The van der Waals surface area contributed by atoms with E-state index in [2.05, 4.69) is 9.71 Å². The smallest absolute Gasteiger partial charge is 0.304 e. The lowest BCUT2D eigenvalue weighted by Gasteiger charge is -2.30. The maximum absolute atomic E-state index is 12.3. The Kier molecular flexibility index (Phi) is 5.12. The van der Waals surface area contributed by atoms with E-state index in [1.807, 2.05) is 0 Å². The number of nitrogens with zero attached hydrogens (tertiary/aromatic N) is 1. The van der Waals surface area contributed by atoms with Crippen LogP contribution in [0.4, 0.5) is 0 Å². The molecule has 1 unspecified atom stereocenters. The number of halogens is 1. The molecule has 0 saturated heterocycles. The lowest BCUT2D eigenvalue weighted by Crippen LogP contribution is -2.45. The summed E-state index contributed by atoms with van der Waals surface area (Å²) < 4.78 is 26.9. The van der Waals surface area contributed by atoms with E-state index in [1.54, 1.807) is 20.8 Å². The molecule has 0 saturated carbocycles. The van der Waals surface area contributed by atoms with Crippen molar-refractivity contribution >= 4 is 27.6 Å². The minimum Gasteiger partial charge on any atom is -0.481 e. The second-order valence-electron chi connectivity index (χ2n) is 5.43. The Morgan fingerprint density at radius 3 is 2.55 bits per heavy atom. The molecule has 1 atom stereocenters. The summed E-state index contributed by atoms with van der Waals surface area (Å²) in [7, 11) is -3.93. The van der Waals surface area contributed by atoms with E-state index in [0.717, 1.165) is 0 Å². The van der Waals surface area contributed by atoms with E-state index in [0.29, 0.717) is 0 Å². The fourth-order valence-electron chi connectivity index (χ4n) is 1.52. The highest BCUT2D eigenvalue weighted by molar-refractivity contribution is 7.89. The number of carbonyl (C=O) groups is 1. The highest BCUT2D eigenvalue weighted by Crippen LogP contribution is 2.25.